The molecule has 0 spiro atoms. The number of anilines is 1. The number of carbonyl (C=O) groups is 2. The number of rotatable bonds is 4. The third kappa shape index (κ3) is 4.06. The van der Waals surface area contributed by atoms with E-state index in [2.05, 4.69) is 5.32 Å². The van der Waals surface area contributed by atoms with Crippen molar-refractivity contribution in [3.63, 3.8) is 0 Å². The molecule has 0 aromatic heterocycles. The molecule has 0 radical (unpaired) electrons. The van der Waals surface area contributed by atoms with E-state index in [4.69, 9.17) is 5.73 Å². The predicted octanol–water partition coefficient (Wildman–Crippen LogP) is 1.13. The zero-order valence-electron chi connectivity index (χ0n) is 11.8. The number of hydrogen-bond donors (Lipinski definition) is 2. The Morgan fingerprint density at radius 3 is 2.70 bits per heavy atom. The lowest BCUT2D eigenvalue weighted by Gasteiger charge is -2.30. The van der Waals surface area contributed by atoms with Gasteiger partial charge in [-0.25, -0.2) is 0 Å². The van der Waals surface area contributed by atoms with Crippen LogP contribution in [-0.4, -0.2) is 36.3 Å². The van der Waals surface area contributed by atoms with Crippen molar-refractivity contribution in [1.82, 2.24) is 4.90 Å². The highest BCUT2D eigenvalue weighted by Crippen LogP contribution is 2.16. The van der Waals surface area contributed by atoms with Gasteiger partial charge in [0.05, 0.1) is 12.5 Å². The van der Waals surface area contributed by atoms with Crippen molar-refractivity contribution in [2.24, 2.45) is 11.7 Å². The lowest BCUT2D eigenvalue weighted by Crippen LogP contribution is -2.44. The van der Waals surface area contributed by atoms with E-state index in [9.17, 15) is 9.59 Å². The third-order valence-corrected chi connectivity index (χ3v) is 3.61. The summed E-state index contributed by atoms with van der Waals surface area (Å²) < 4.78 is 0. The Morgan fingerprint density at radius 2 is 2.05 bits per heavy atom. The number of nitrogens with two attached hydrogens (primary N) is 1. The monoisotopic (exact) mass is 275 g/mol. The van der Waals surface area contributed by atoms with Gasteiger partial charge in [-0.05, 0) is 38.4 Å². The van der Waals surface area contributed by atoms with E-state index in [1.165, 1.54) is 0 Å². The van der Waals surface area contributed by atoms with Crippen LogP contribution in [0.3, 0.4) is 0 Å². The van der Waals surface area contributed by atoms with Gasteiger partial charge in [0.15, 0.2) is 0 Å². The van der Waals surface area contributed by atoms with Crippen molar-refractivity contribution in [2.45, 2.75) is 19.8 Å². The maximum atomic E-state index is 12.0. The number of nitrogens with zero attached hydrogens (tertiary/aromatic N) is 1. The number of benzene rings is 1. The number of aryl methyl sites for hydroxylation is 1. The molecule has 1 aliphatic rings. The number of amides is 2. The summed E-state index contributed by atoms with van der Waals surface area (Å²) in [5.41, 5.74) is 7.28. The van der Waals surface area contributed by atoms with Gasteiger partial charge in [-0.2, -0.15) is 0 Å². The smallest absolute Gasteiger partial charge is 0.238 e. The molecule has 5 heteroatoms. The fraction of sp³-hybridized carbons (Fsp3) is 0.467. The second-order valence-corrected chi connectivity index (χ2v) is 5.39. The Bertz CT molecular complexity index is 484. The average molecular weight is 275 g/mol. The van der Waals surface area contributed by atoms with Crippen LogP contribution in [0.2, 0.25) is 0 Å². The molecule has 0 unspecified atom stereocenters. The quantitative estimate of drug-likeness (QED) is 0.865. The Morgan fingerprint density at radius 1 is 1.35 bits per heavy atom. The van der Waals surface area contributed by atoms with Gasteiger partial charge in [0.2, 0.25) is 11.8 Å². The maximum Gasteiger partial charge on any atom is 0.238 e. The highest BCUT2D eigenvalue weighted by molar-refractivity contribution is 5.92. The third-order valence-electron chi connectivity index (χ3n) is 3.61. The first kappa shape index (κ1) is 14.5. The summed E-state index contributed by atoms with van der Waals surface area (Å²) in [6, 6.07) is 7.69. The van der Waals surface area contributed by atoms with Crippen LogP contribution in [0, 0.1) is 12.8 Å². The molecule has 1 heterocycles. The predicted molar refractivity (Wildman–Crippen MR) is 78.2 cm³/mol. The van der Waals surface area contributed by atoms with E-state index in [-0.39, 0.29) is 17.7 Å². The van der Waals surface area contributed by atoms with Crippen molar-refractivity contribution in [1.29, 1.82) is 0 Å². The molecule has 1 saturated heterocycles. The van der Waals surface area contributed by atoms with E-state index in [1.54, 1.807) is 0 Å². The van der Waals surface area contributed by atoms with Crippen LogP contribution in [0.4, 0.5) is 5.69 Å². The fourth-order valence-corrected chi connectivity index (χ4v) is 2.47. The molecule has 5 nitrogen and oxygen atoms in total. The average Bonchev–Trinajstić information content (AvgIpc) is 2.41. The Kier molecular flexibility index (Phi) is 4.74. The Balaban J connectivity index is 1.85. The van der Waals surface area contributed by atoms with Crippen LogP contribution in [0.15, 0.2) is 24.3 Å². The summed E-state index contributed by atoms with van der Waals surface area (Å²) in [7, 11) is 0. The standard InChI is InChI=1S/C15H21N3O2/c1-11-4-6-13(7-5-11)17-14(19)10-18-8-2-3-12(9-18)15(16)20/h4-7,12H,2-3,8-10H2,1H3,(H2,16,20)(H,17,19)/t12-/m0/s1. The van der Waals surface area contributed by atoms with Gasteiger partial charge in [0.25, 0.3) is 0 Å². The lowest BCUT2D eigenvalue weighted by atomic mass is 9.97. The van der Waals surface area contributed by atoms with E-state index in [1.807, 2.05) is 36.1 Å². The van der Waals surface area contributed by atoms with E-state index in [0.29, 0.717) is 13.1 Å². The first-order valence-electron chi connectivity index (χ1n) is 6.93. The van der Waals surface area contributed by atoms with Crippen molar-refractivity contribution in [2.75, 3.05) is 25.0 Å². The minimum atomic E-state index is -0.270. The van der Waals surface area contributed by atoms with Crippen molar-refractivity contribution in [3.05, 3.63) is 29.8 Å². The minimum absolute atomic E-state index is 0.0565. The van der Waals surface area contributed by atoms with Gasteiger partial charge < -0.3 is 11.1 Å². The van der Waals surface area contributed by atoms with Gasteiger partial charge in [-0.1, -0.05) is 17.7 Å². The molecule has 1 atom stereocenters. The molecule has 1 aliphatic heterocycles. The Hall–Kier alpha value is -1.88. The molecule has 1 aromatic carbocycles. The highest BCUT2D eigenvalue weighted by Gasteiger charge is 2.24. The summed E-state index contributed by atoms with van der Waals surface area (Å²) in [4.78, 5) is 25.2. The van der Waals surface area contributed by atoms with Crippen molar-refractivity contribution in [3.8, 4) is 0 Å². The first-order chi connectivity index (χ1) is 9.54. The topological polar surface area (TPSA) is 75.4 Å². The van der Waals surface area contributed by atoms with Gasteiger partial charge in [-0.15, -0.1) is 0 Å². The summed E-state index contributed by atoms with van der Waals surface area (Å²) in [5, 5.41) is 2.86. The van der Waals surface area contributed by atoms with Crippen LogP contribution in [0.25, 0.3) is 0 Å². The van der Waals surface area contributed by atoms with Gasteiger partial charge in [-0.3, -0.25) is 14.5 Å². The van der Waals surface area contributed by atoms with Gasteiger partial charge >= 0.3 is 0 Å². The van der Waals surface area contributed by atoms with E-state index >= 15 is 0 Å². The summed E-state index contributed by atoms with van der Waals surface area (Å²) in [6.45, 7) is 3.72. The molecular weight excluding hydrogens is 254 g/mol. The minimum Gasteiger partial charge on any atom is -0.369 e. The fourth-order valence-electron chi connectivity index (χ4n) is 2.47. The molecule has 1 fully saturated rings. The SMILES string of the molecule is Cc1ccc(NC(=O)CN2CCC[C@H](C(N)=O)C2)cc1. The second-order valence-electron chi connectivity index (χ2n) is 5.39. The molecule has 0 aliphatic carbocycles. The molecule has 20 heavy (non-hydrogen) atoms. The lowest BCUT2D eigenvalue weighted by molar-refractivity contribution is -0.125. The van der Waals surface area contributed by atoms with Gasteiger partial charge in [0, 0.05) is 12.2 Å². The molecule has 0 bridgehead atoms. The van der Waals surface area contributed by atoms with E-state index in [0.717, 1.165) is 30.6 Å². The van der Waals surface area contributed by atoms with Crippen molar-refractivity contribution >= 4 is 17.5 Å². The second kappa shape index (κ2) is 6.52. The van der Waals surface area contributed by atoms with Crippen LogP contribution in [0.5, 0.6) is 0 Å². The van der Waals surface area contributed by atoms with Crippen LogP contribution in [0.1, 0.15) is 18.4 Å². The zero-order valence-corrected chi connectivity index (χ0v) is 11.8. The number of carbonyl (C=O) groups excluding carboxylic acids is 2. The van der Waals surface area contributed by atoms with E-state index < -0.39 is 0 Å². The first-order valence-corrected chi connectivity index (χ1v) is 6.93. The molecule has 3 N–H and O–H groups in total. The Labute approximate surface area is 119 Å². The molecule has 2 amide bonds. The van der Waals surface area contributed by atoms with Crippen LogP contribution < -0.4 is 11.1 Å². The number of hydrogen-bond acceptors (Lipinski definition) is 3. The highest BCUT2D eigenvalue weighted by atomic mass is 16.2. The zero-order chi connectivity index (χ0) is 14.5. The van der Waals surface area contributed by atoms with Crippen LogP contribution >= 0.6 is 0 Å². The molecule has 1 aromatic rings. The molecule has 108 valence electrons. The number of nitrogens with one attached hydrogen (secondary N) is 1. The number of primary amides is 1. The van der Waals surface area contributed by atoms with Crippen LogP contribution in [-0.2, 0) is 9.59 Å². The molecule has 2 rings (SSSR count). The number of piperidine rings is 1. The number of likely N-dealkylation sites (tertiary alicyclic amines) is 1. The largest absolute Gasteiger partial charge is 0.369 e. The summed E-state index contributed by atoms with van der Waals surface area (Å²) >= 11 is 0. The maximum absolute atomic E-state index is 12.0. The molecule has 0 saturated carbocycles. The van der Waals surface area contributed by atoms with Crippen molar-refractivity contribution < 1.29 is 9.59 Å². The normalized spacial score (nSPS) is 19.6. The molecular formula is C15H21N3O2. The van der Waals surface area contributed by atoms with Gasteiger partial charge in [0.1, 0.15) is 0 Å². The summed E-state index contributed by atoms with van der Waals surface area (Å²) in [6.07, 6.45) is 1.73. The summed E-state index contributed by atoms with van der Waals surface area (Å²) in [5.74, 6) is -0.455.